The summed E-state index contributed by atoms with van der Waals surface area (Å²) in [4.78, 5) is 17.3. The molecular weight excluding hydrogens is 440 g/mol. The topological polar surface area (TPSA) is 94.4 Å². The summed E-state index contributed by atoms with van der Waals surface area (Å²) in [6.07, 6.45) is 3.38. The Balaban J connectivity index is 1.24. The molecule has 8 nitrogen and oxygen atoms in total. The Morgan fingerprint density at radius 1 is 1.15 bits per heavy atom. The van der Waals surface area contributed by atoms with E-state index in [9.17, 15) is 4.79 Å². The molecule has 0 radical (unpaired) electrons. The molecule has 4 rings (SSSR count). The summed E-state index contributed by atoms with van der Waals surface area (Å²) in [5.41, 5.74) is 0.780. The molecule has 1 aliphatic carbocycles. The SMILES string of the molecule is CCN1CCN(c2ccc(C(=O)NC3CCC(Oc4ccc(C#N)c(Cl)c4)CC3)nn2)CC1. The van der Waals surface area contributed by atoms with Crippen LogP contribution in [0.1, 0.15) is 48.7 Å². The number of nitrogens with one attached hydrogen (secondary N) is 1. The van der Waals surface area contributed by atoms with Gasteiger partial charge in [0.25, 0.3) is 5.91 Å². The summed E-state index contributed by atoms with van der Waals surface area (Å²) >= 11 is 6.09. The molecule has 1 aliphatic heterocycles. The van der Waals surface area contributed by atoms with Gasteiger partial charge in [-0.2, -0.15) is 5.26 Å². The van der Waals surface area contributed by atoms with Gasteiger partial charge in [0.15, 0.2) is 11.5 Å². The lowest BCUT2D eigenvalue weighted by atomic mass is 9.93. The Bertz CT molecular complexity index is 993. The number of aromatic nitrogens is 2. The average Bonchev–Trinajstić information content (AvgIpc) is 2.85. The molecule has 2 heterocycles. The van der Waals surface area contributed by atoms with Crippen molar-refractivity contribution in [2.24, 2.45) is 0 Å². The van der Waals surface area contributed by atoms with Crippen LogP contribution in [0.2, 0.25) is 5.02 Å². The third-order valence-corrected chi connectivity index (χ3v) is 6.71. The van der Waals surface area contributed by atoms with Gasteiger partial charge in [-0.1, -0.05) is 18.5 Å². The van der Waals surface area contributed by atoms with Crippen LogP contribution in [-0.4, -0.2) is 65.9 Å². The minimum atomic E-state index is -0.187. The zero-order valence-corrected chi connectivity index (χ0v) is 19.6. The van der Waals surface area contributed by atoms with Crippen LogP contribution in [0, 0.1) is 11.3 Å². The molecule has 174 valence electrons. The summed E-state index contributed by atoms with van der Waals surface area (Å²) in [7, 11) is 0. The van der Waals surface area contributed by atoms with Gasteiger partial charge in [-0.15, -0.1) is 10.2 Å². The molecule has 0 unspecified atom stereocenters. The number of likely N-dealkylation sites (N-methyl/N-ethyl adjacent to an activating group) is 1. The summed E-state index contributed by atoms with van der Waals surface area (Å²) in [5.74, 6) is 1.30. The van der Waals surface area contributed by atoms with Crippen LogP contribution in [0.15, 0.2) is 30.3 Å². The molecule has 2 fully saturated rings. The fourth-order valence-electron chi connectivity index (χ4n) is 4.34. The maximum atomic E-state index is 12.6. The van der Waals surface area contributed by atoms with Crippen molar-refractivity contribution in [2.75, 3.05) is 37.6 Å². The van der Waals surface area contributed by atoms with Gasteiger partial charge in [-0.25, -0.2) is 0 Å². The molecule has 33 heavy (non-hydrogen) atoms. The number of hydrogen-bond acceptors (Lipinski definition) is 7. The van der Waals surface area contributed by atoms with Gasteiger partial charge in [0.05, 0.1) is 16.7 Å². The zero-order valence-electron chi connectivity index (χ0n) is 18.8. The van der Waals surface area contributed by atoms with Crippen molar-refractivity contribution in [1.29, 1.82) is 5.26 Å². The molecule has 1 aromatic carbocycles. The van der Waals surface area contributed by atoms with E-state index in [0.29, 0.717) is 22.0 Å². The normalized spacial score (nSPS) is 21.3. The van der Waals surface area contributed by atoms with Gasteiger partial charge in [0.1, 0.15) is 11.8 Å². The van der Waals surface area contributed by atoms with Crippen LogP contribution in [0.25, 0.3) is 0 Å². The number of carbonyl (C=O) groups excluding carboxylic acids is 1. The van der Waals surface area contributed by atoms with Crippen molar-refractivity contribution < 1.29 is 9.53 Å². The number of anilines is 1. The lowest BCUT2D eigenvalue weighted by molar-refractivity contribution is 0.0888. The number of nitrogens with zero attached hydrogens (tertiary/aromatic N) is 5. The fraction of sp³-hybridized carbons (Fsp3) is 0.500. The second kappa shape index (κ2) is 10.8. The first-order valence-electron chi connectivity index (χ1n) is 11.5. The number of rotatable bonds is 6. The first-order chi connectivity index (χ1) is 16.1. The highest BCUT2D eigenvalue weighted by molar-refractivity contribution is 6.31. The molecule has 9 heteroatoms. The van der Waals surface area contributed by atoms with E-state index in [4.69, 9.17) is 21.6 Å². The molecule has 2 aliphatic rings. The monoisotopic (exact) mass is 468 g/mol. The van der Waals surface area contributed by atoms with Crippen LogP contribution in [0.5, 0.6) is 5.75 Å². The van der Waals surface area contributed by atoms with Crippen molar-refractivity contribution in [1.82, 2.24) is 20.4 Å². The van der Waals surface area contributed by atoms with Gasteiger partial charge in [-0.3, -0.25) is 4.79 Å². The summed E-state index contributed by atoms with van der Waals surface area (Å²) < 4.78 is 6.02. The van der Waals surface area contributed by atoms with Crippen molar-refractivity contribution in [3.8, 4) is 11.8 Å². The van der Waals surface area contributed by atoms with E-state index in [2.05, 4.69) is 32.2 Å². The van der Waals surface area contributed by atoms with E-state index < -0.39 is 0 Å². The average molecular weight is 469 g/mol. The maximum absolute atomic E-state index is 12.6. The van der Waals surface area contributed by atoms with E-state index >= 15 is 0 Å². The van der Waals surface area contributed by atoms with Crippen LogP contribution in [0.4, 0.5) is 5.82 Å². The minimum Gasteiger partial charge on any atom is -0.490 e. The number of hydrogen-bond donors (Lipinski definition) is 1. The minimum absolute atomic E-state index is 0.0643. The highest BCUT2D eigenvalue weighted by atomic mass is 35.5. The standard InChI is InChI=1S/C24H29ClN6O2/c1-2-30-11-13-31(14-12-30)23-10-9-22(28-29-23)24(32)27-18-4-7-19(8-5-18)33-20-6-3-17(16-26)21(25)15-20/h3,6,9-10,15,18-19H,2,4-5,7-8,11-14H2,1H3,(H,27,32). The number of benzene rings is 1. The molecule has 1 saturated carbocycles. The second-order valence-electron chi connectivity index (χ2n) is 8.52. The number of ether oxygens (including phenoxy) is 1. The fourth-order valence-corrected chi connectivity index (χ4v) is 4.56. The maximum Gasteiger partial charge on any atom is 0.272 e. The van der Waals surface area contributed by atoms with E-state index in [0.717, 1.165) is 64.2 Å². The summed E-state index contributed by atoms with van der Waals surface area (Å²) in [5, 5.41) is 20.9. The number of halogens is 1. The molecular formula is C24H29ClN6O2. The van der Waals surface area contributed by atoms with Crippen LogP contribution in [0.3, 0.4) is 0 Å². The molecule has 2 aromatic rings. The number of nitriles is 1. The smallest absolute Gasteiger partial charge is 0.272 e. The summed E-state index contributed by atoms with van der Waals surface area (Å²) in [6, 6.07) is 10.9. The molecule has 1 N–H and O–H groups in total. The Hall–Kier alpha value is -2.89. The van der Waals surface area contributed by atoms with E-state index in [1.165, 1.54) is 0 Å². The lowest BCUT2D eigenvalue weighted by Gasteiger charge is -2.34. The van der Waals surface area contributed by atoms with Gasteiger partial charge in [0, 0.05) is 38.3 Å². The Morgan fingerprint density at radius 2 is 1.91 bits per heavy atom. The molecule has 0 atom stereocenters. The zero-order chi connectivity index (χ0) is 23.2. The number of carbonyl (C=O) groups is 1. The van der Waals surface area contributed by atoms with Crippen LogP contribution < -0.4 is 15.0 Å². The van der Waals surface area contributed by atoms with Crippen molar-refractivity contribution in [3.63, 3.8) is 0 Å². The summed E-state index contributed by atoms with van der Waals surface area (Å²) in [6.45, 7) is 7.13. The highest BCUT2D eigenvalue weighted by Crippen LogP contribution is 2.27. The molecule has 1 aromatic heterocycles. The van der Waals surface area contributed by atoms with Crippen LogP contribution in [-0.2, 0) is 0 Å². The number of piperazine rings is 1. The number of amides is 1. The third kappa shape index (κ3) is 5.92. The first-order valence-corrected chi connectivity index (χ1v) is 11.9. The third-order valence-electron chi connectivity index (χ3n) is 6.40. The quantitative estimate of drug-likeness (QED) is 0.695. The second-order valence-corrected chi connectivity index (χ2v) is 8.92. The van der Waals surface area contributed by atoms with Crippen molar-refractivity contribution in [2.45, 2.75) is 44.8 Å². The van der Waals surface area contributed by atoms with Crippen molar-refractivity contribution in [3.05, 3.63) is 46.6 Å². The van der Waals surface area contributed by atoms with E-state index in [-0.39, 0.29) is 18.1 Å². The largest absolute Gasteiger partial charge is 0.490 e. The van der Waals surface area contributed by atoms with Gasteiger partial charge >= 0.3 is 0 Å². The molecule has 1 amide bonds. The van der Waals surface area contributed by atoms with E-state index in [1.54, 1.807) is 24.3 Å². The molecule has 0 spiro atoms. The van der Waals surface area contributed by atoms with Crippen LogP contribution >= 0.6 is 11.6 Å². The molecule has 1 saturated heterocycles. The first kappa shape index (κ1) is 23.3. The predicted molar refractivity (Wildman–Crippen MR) is 127 cm³/mol. The lowest BCUT2D eigenvalue weighted by Crippen LogP contribution is -2.46. The Labute approximate surface area is 199 Å². The van der Waals surface area contributed by atoms with Gasteiger partial charge < -0.3 is 19.9 Å². The van der Waals surface area contributed by atoms with Gasteiger partial charge in [-0.05, 0) is 56.5 Å². The predicted octanol–water partition coefficient (Wildman–Crippen LogP) is 3.26. The highest BCUT2D eigenvalue weighted by Gasteiger charge is 2.25. The van der Waals surface area contributed by atoms with Gasteiger partial charge in [0.2, 0.25) is 0 Å². The van der Waals surface area contributed by atoms with Crippen molar-refractivity contribution >= 4 is 23.3 Å². The Morgan fingerprint density at radius 3 is 2.52 bits per heavy atom. The molecule has 0 bridgehead atoms. The Kier molecular flexibility index (Phi) is 7.63. The van der Waals surface area contributed by atoms with E-state index in [1.807, 2.05) is 12.1 Å².